The third kappa shape index (κ3) is 6.45. The van der Waals surface area contributed by atoms with E-state index in [2.05, 4.69) is 10.3 Å². The van der Waals surface area contributed by atoms with Gasteiger partial charge in [0, 0.05) is 51.9 Å². The van der Waals surface area contributed by atoms with Crippen molar-refractivity contribution in [2.45, 2.75) is 32.9 Å². The molecule has 0 saturated carbocycles. The number of rotatable bonds is 6. The molecule has 0 aliphatic heterocycles. The number of nitrogens with zero attached hydrogens (tertiary/aromatic N) is 6. The Morgan fingerprint density at radius 1 is 1.02 bits per heavy atom. The van der Waals surface area contributed by atoms with Gasteiger partial charge in [-0.1, -0.05) is 22.9 Å². The fraction of sp³-hybridized carbons (Fsp3) is 0.370. The highest BCUT2D eigenvalue weighted by molar-refractivity contribution is 7.22. The molecule has 40 heavy (non-hydrogen) atoms. The van der Waals surface area contributed by atoms with Crippen LogP contribution in [0.25, 0.3) is 21.3 Å². The quantitative estimate of drug-likeness (QED) is 0.310. The summed E-state index contributed by atoms with van der Waals surface area (Å²) in [6.45, 7) is 6.18. The molecule has 1 N–H and O–H groups in total. The van der Waals surface area contributed by atoms with Crippen molar-refractivity contribution >= 4 is 73.3 Å². The van der Waals surface area contributed by atoms with E-state index in [1.807, 2.05) is 37.5 Å². The summed E-state index contributed by atoms with van der Waals surface area (Å²) in [5.74, 6) is 0.0393. The summed E-state index contributed by atoms with van der Waals surface area (Å²) in [7, 11) is 6.27. The number of imide groups is 1. The van der Waals surface area contributed by atoms with Gasteiger partial charge in [0.05, 0.1) is 21.3 Å². The first-order valence-corrected chi connectivity index (χ1v) is 13.7. The predicted molar refractivity (Wildman–Crippen MR) is 158 cm³/mol. The first-order valence-electron chi connectivity index (χ1n) is 12.5. The molecule has 0 aliphatic carbocycles. The lowest BCUT2D eigenvalue weighted by molar-refractivity contribution is 0.0294. The van der Waals surface area contributed by atoms with Gasteiger partial charge in [-0.2, -0.15) is 0 Å². The average molecular weight is 586 g/mol. The SMILES string of the molecule is CN(C)C(=O)N(C)C(=O)c1ccc2c(c1)nc(Nc1nc3ccc(Cl)cc3s1)n2CCN(C)C(=O)OC(C)(C)C. The topological polar surface area (TPSA) is 113 Å². The summed E-state index contributed by atoms with van der Waals surface area (Å²) in [6.07, 6.45) is -0.434. The van der Waals surface area contributed by atoms with E-state index in [-0.39, 0.29) is 0 Å². The molecule has 0 atom stereocenters. The molecule has 13 heteroatoms. The van der Waals surface area contributed by atoms with Crippen molar-refractivity contribution in [1.29, 1.82) is 0 Å². The molecule has 0 bridgehead atoms. The van der Waals surface area contributed by atoms with Crippen LogP contribution in [0.4, 0.5) is 20.7 Å². The van der Waals surface area contributed by atoms with E-state index in [1.165, 1.54) is 28.2 Å². The molecular weight excluding hydrogens is 554 g/mol. The minimum absolute atomic E-state index is 0.321. The molecule has 0 spiro atoms. The number of nitrogens with one attached hydrogen (secondary N) is 1. The molecule has 0 unspecified atom stereocenters. The second-order valence-electron chi connectivity index (χ2n) is 10.5. The maximum atomic E-state index is 13.0. The van der Waals surface area contributed by atoms with Gasteiger partial charge < -0.3 is 24.4 Å². The number of urea groups is 1. The van der Waals surface area contributed by atoms with Gasteiger partial charge >= 0.3 is 12.1 Å². The number of amides is 4. The smallest absolute Gasteiger partial charge is 0.410 e. The van der Waals surface area contributed by atoms with E-state index in [1.54, 1.807) is 45.4 Å². The zero-order valence-electron chi connectivity index (χ0n) is 23.5. The molecule has 11 nitrogen and oxygen atoms in total. The minimum atomic E-state index is -0.612. The molecule has 2 aromatic heterocycles. The fourth-order valence-electron chi connectivity index (χ4n) is 3.89. The first kappa shape index (κ1) is 29.1. The summed E-state index contributed by atoms with van der Waals surface area (Å²) >= 11 is 7.58. The lowest BCUT2D eigenvalue weighted by Crippen LogP contribution is -2.40. The number of halogens is 1. The Labute approximate surface area is 241 Å². The maximum Gasteiger partial charge on any atom is 0.410 e. The molecule has 2 aromatic carbocycles. The number of imidazole rings is 1. The number of benzene rings is 2. The van der Waals surface area contributed by atoms with Gasteiger partial charge in [0.15, 0.2) is 5.13 Å². The number of thiazole rings is 1. The number of ether oxygens (including phenoxy) is 1. The zero-order valence-corrected chi connectivity index (χ0v) is 25.1. The van der Waals surface area contributed by atoms with Crippen LogP contribution < -0.4 is 5.32 Å². The second-order valence-corrected chi connectivity index (χ2v) is 12.0. The zero-order chi connectivity index (χ0) is 29.4. The second kappa shape index (κ2) is 11.3. The van der Waals surface area contributed by atoms with E-state index in [0.717, 1.165) is 20.6 Å². The summed E-state index contributed by atoms with van der Waals surface area (Å²) in [4.78, 5) is 51.1. The Balaban J connectivity index is 1.68. The molecule has 4 amide bonds. The first-order chi connectivity index (χ1) is 18.7. The monoisotopic (exact) mass is 585 g/mol. The molecular formula is C27H32ClN7O4S. The summed E-state index contributed by atoms with van der Waals surface area (Å²) in [5, 5.41) is 4.53. The van der Waals surface area contributed by atoms with Crippen LogP contribution in [0.5, 0.6) is 0 Å². The molecule has 0 radical (unpaired) electrons. The van der Waals surface area contributed by atoms with Gasteiger partial charge in [0.25, 0.3) is 5.91 Å². The highest BCUT2D eigenvalue weighted by Crippen LogP contribution is 2.31. The van der Waals surface area contributed by atoms with Crippen molar-refractivity contribution in [3.63, 3.8) is 0 Å². The van der Waals surface area contributed by atoms with Gasteiger partial charge in [-0.3, -0.25) is 9.69 Å². The molecule has 4 rings (SSSR count). The van der Waals surface area contributed by atoms with Crippen molar-refractivity contribution in [2.24, 2.45) is 0 Å². The highest BCUT2D eigenvalue weighted by atomic mass is 35.5. The Morgan fingerprint density at radius 3 is 2.42 bits per heavy atom. The van der Waals surface area contributed by atoms with Crippen LogP contribution >= 0.6 is 22.9 Å². The molecule has 2 heterocycles. The van der Waals surface area contributed by atoms with E-state index < -0.39 is 23.6 Å². The lowest BCUT2D eigenvalue weighted by atomic mass is 10.2. The Kier molecular flexibility index (Phi) is 8.22. The van der Waals surface area contributed by atoms with Gasteiger partial charge in [-0.25, -0.2) is 19.6 Å². The van der Waals surface area contributed by atoms with Crippen LogP contribution in [-0.2, 0) is 11.3 Å². The normalized spacial score (nSPS) is 11.5. The van der Waals surface area contributed by atoms with Crippen LogP contribution in [0.3, 0.4) is 0 Å². The van der Waals surface area contributed by atoms with E-state index in [0.29, 0.717) is 40.3 Å². The minimum Gasteiger partial charge on any atom is -0.444 e. The number of fused-ring (bicyclic) bond motifs is 2. The molecule has 0 aliphatic rings. The van der Waals surface area contributed by atoms with Crippen LogP contribution in [-0.4, -0.2) is 87.6 Å². The van der Waals surface area contributed by atoms with Gasteiger partial charge in [0.1, 0.15) is 5.60 Å². The molecule has 4 aromatic rings. The summed E-state index contributed by atoms with van der Waals surface area (Å²) in [5.41, 5.74) is 1.79. The van der Waals surface area contributed by atoms with Gasteiger partial charge in [-0.05, 0) is 57.2 Å². The van der Waals surface area contributed by atoms with Crippen molar-refractivity contribution in [3.8, 4) is 0 Å². The van der Waals surface area contributed by atoms with Crippen molar-refractivity contribution in [3.05, 3.63) is 47.0 Å². The number of carbonyl (C=O) groups excluding carboxylic acids is 3. The number of aromatic nitrogens is 3. The maximum absolute atomic E-state index is 13.0. The van der Waals surface area contributed by atoms with Crippen LogP contribution in [0.15, 0.2) is 36.4 Å². The van der Waals surface area contributed by atoms with Crippen LogP contribution in [0.2, 0.25) is 5.02 Å². The van der Waals surface area contributed by atoms with Crippen LogP contribution in [0.1, 0.15) is 31.1 Å². The van der Waals surface area contributed by atoms with E-state index in [9.17, 15) is 14.4 Å². The summed E-state index contributed by atoms with van der Waals surface area (Å²) in [6, 6.07) is 10.1. The van der Waals surface area contributed by atoms with Crippen molar-refractivity contribution < 1.29 is 19.1 Å². The third-order valence-electron chi connectivity index (χ3n) is 5.90. The average Bonchev–Trinajstić information content (AvgIpc) is 3.43. The standard InChI is InChI=1S/C27H32ClN7O4S/c1-27(2,3)39-26(38)33(6)12-13-35-20-11-8-16(22(36)34(7)25(37)32(4)5)14-19(20)29-23(35)31-24-30-18-10-9-17(28)15-21(18)40-24/h8-11,14-15H,12-13H2,1-7H3,(H,29,30,31). The fourth-order valence-corrected chi connectivity index (χ4v) is 5.03. The molecule has 0 fully saturated rings. The molecule has 212 valence electrons. The number of hydrogen-bond donors (Lipinski definition) is 1. The van der Waals surface area contributed by atoms with Crippen LogP contribution in [0, 0.1) is 0 Å². The molecule has 0 saturated heterocycles. The number of anilines is 2. The van der Waals surface area contributed by atoms with Gasteiger partial charge in [0.2, 0.25) is 5.95 Å². The number of likely N-dealkylation sites (N-methyl/N-ethyl adjacent to an activating group) is 1. The third-order valence-corrected chi connectivity index (χ3v) is 7.07. The Bertz CT molecular complexity index is 1590. The van der Waals surface area contributed by atoms with Crippen molar-refractivity contribution in [1.82, 2.24) is 29.2 Å². The number of carbonyl (C=O) groups is 3. The van der Waals surface area contributed by atoms with Crippen molar-refractivity contribution in [2.75, 3.05) is 40.1 Å². The largest absolute Gasteiger partial charge is 0.444 e. The number of hydrogen-bond acceptors (Lipinski definition) is 8. The Hall–Kier alpha value is -3.90. The van der Waals surface area contributed by atoms with Gasteiger partial charge in [-0.15, -0.1) is 0 Å². The highest BCUT2D eigenvalue weighted by Gasteiger charge is 2.23. The van der Waals surface area contributed by atoms with E-state index >= 15 is 0 Å². The van der Waals surface area contributed by atoms with E-state index in [4.69, 9.17) is 21.3 Å². The Morgan fingerprint density at radius 2 is 1.75 bits per heavy atom. The summed E-state index contributed by atoms with van der Waals surface area (Å²) < 4.78 is 8.32. The lowest BCUT2D eigenvalue weighted by Gasteiger charge is -2.25. The predicted octanol–water partition coefficient (Wildman–Crippen LogP) is 5.66.